The molecular formula is C16H34Zn. The summed E-state index contributed by atoms with van der Waals surface area (Å²) in [6, 6.07) is 0. The first kappa shape index (κ1) is 22.8. The molecule has 0 saturated heterocycles. The molecule has 0 saturated carbocycles. The molecule has 0 aromatic rings. The monoisotopic (exact) mass is 290 g/mol. The Balaban J connectivity index is -0.000000340. The Labute approximate surface area is 124 Å². The third-order valence-corrected chi connectivity index (χ3v) is 2.02. The second kappa shape index (κ2) is 14.7. The molecule has 0 unspecified atom stereocenters. The van der Waals surface area contributed by atoms with E-state index >= 15 is 0 Å². The van der Waals surface area contributed by atoms with Crippen LogP contribution in [-0.4, -0.2) is 0 Å². The average Bonchev–Trinajstić information content (AvgIpc) is 2.08. The largest absolute Gasteiger partial charge is 2.00 e. The van der Waals surface area contributed by atoms with Gasteiger partial charge >= 0.3 is 19.5 Å². The predicted octanol–water partition coefficient (Wildman–Crippen LogP) is 6.22. The predicted molar refractivity (Wildman–Crippen MR) is 77.4 cm³/mol. The normalized spacial score (nSPS) is 10.6. The molecule has 0 fully saturated rings. The maximum absolute atomic E-state index is 2.45. The van der Waals surface area contributed by atoms with Crippen LogP contribution in [0.2, 0.25) is 0 Å². The Morgan fingerprint density at radius 3 is 1.76 bits per heavy atom. The van der Waals surface area contributed by atoms with E-state index in [1.54, 1.807) is 0 Å². The summed E-state index contributed by atoms with van der Waals surface area (Å²) in [6.45, 7) is 15.4. The molecule has 1 heteroatoms. The van der Waals surface area contributed by atoms with Gasteiger partial charge in [-0.05, 0) is 0 Å². The molecule has 0 aromatic heterocycles. The molecule has 0 amide bonds. The van der Waals surface area contributed by atoms with Gasteiger partial charge in [0.1, 0.15) is 0 Å². The van der Waals surface area contributed by atoms with Gasteiger partial charge in [-0.1, -0.05) is 58.8 Å². The summed E-state index contributed by atoms with van der Waals surface area (Å²) in [5, 5.41) is 0. The second-order valence-corrected chi connectivity index (χ2v) is 6.40. The van der Waals surface area contributed by atoms with Gasteiger partial charge in [0.25, 0.3) is 0 Å². The zero-order chi connectivity index (χ0) is 13.0. The molecule has 0 spiro atoms. The third kappa shape index (κ3) is 38.4. The summed E-state index contributed by atoms with van der Waals surface area (Å²) in [4.78, 5) is 0. The molecule has 0 nitrogen and oxygen atoms in total. The minimum Gasteiger partial charge on any atom is -0.328 e. The first-order chi connectivity index (χ1) is 7.29. The van der Waals surface area contributed by atoms with Crippen LogP contribution >= 0.6 is 0 Å². The van der Waals surface area contributed by atoms with E-state index in [0.717, 1.165) is 0 Å². The van der Waals surface area contributed by atoms with Crippen LogP contribution in [0.3, 0.4) is 0 Å². The van der Waals surface area contributed by atoms with Crippen LogP contribution in [0.5, 0.6) is 0 Å². The summed E-state index contributed by atoms with van der Waals surface area (Å²) in [5.41, 5.74) is 0.491. The zero-order valence-corrected chi connectivity index (χ0v) is 16.5. The van der Waals surface area contributed by atoms with E-state index < -0.39 is 0 Å². The first-order valence-corrected chi connectivity index (χ1v) is 6.88. The minimum atomic E-state index is 0. The number of unbranched alkanes of at least 4 members (excludes halogenated alkanes) is 5. The van der Waals surface area contributed by atoms with Gasteiger partial charge in [-0.25, -0.2) is 0 Å². The minimum absolute atomic E-state index is 0. The van der Waals surface area contributed by atoms with Gasteiger partial charge < -0.3 is 12.3 Å². The Morgan fingerprint density at radius 1 is 0.941 bits per heavy atom. The SMILES string of the molecule is CCCCCC[CH-]CC(C)(C)C.C[C-](C)C.[Zn+2]. The van der Waals surface area contributed by atoms with E-state index in [1.807, 2.05) is 0 Å². The van der Waals surface area contributed by atoms with Crippen LogP contribution in [0, 0.1) is 17.8 Å². The Hall–Kier alpha value is 0.623. The van der Waals surface area contributed by atoms with Crippen molar-refractivity contribution in [1.29, 1.82) is 0 Å². The summed E-state index contributed by atoms with van der Waals surface area (Å²) in [6.07, 6.45) is 10.6. The van der Waals surface area contributed by atoms with Crippen molar-refractivity contribution >= 4 is 0 Å². The molecule has 0 rings (SSSR count). The summed E-state index contributed by atoms with van der Waals surface area (Å²) < 4.78 is 0. The van der Waals surface area contributed by atoms with Crippen molar-refractivity contribution in [2.24, 2.45) is 5.41 Å². The summed E-state index contributed by atoms with van der Waals surface area (Å²) in [5.74, 6) is 1.42. The Morgan fingerprint density at radius 2 is 1.41 bits per heavy atom. The van der Waals surface area contributed by atoms with Crippen molar-refractivity contribution in [2.45, 2.75) is 87.0 Å². The quantitative estimate of drug-likeness (QED) is 0.310. The van der Waals surface area contributed by atoms with E-state index in [4.69, 9.17) is 0 Å². The molecule has 0 aromatic carbocycles. The van der Waals surface area contributed by atoms with E-state index in [-0.39, 0.29) is 19.5 Å². The fraction of sp³-hybridized carbons (Fsp3) is 0.875. The molecule has 17 heavy (non-hydrogen) atoms. The molecule has 0 N–H and O–H groups in total. The van der Waals surface area contributed by atoms with Gasteiger partial charge in [0.15, 0.2) is 0 Å². The molecular weight excluding hydrogens is 258 g/mol. The van der Waals surface area contributed by atoms with Crippen LogP contribution in [-0.2, 0) is 19.5 Å². The maximum atomic E-state index is 2.45. The Kier molecular flexibility index (Phi) is 19.7. The maximum Gasteiger partial charge on any atom is 2.00 e. The van der Waals surface area contributed by atoms with Crippen molar-refractivity contribution in [3.63, 3.8) is 0 Å². The fourth-order valence-corrected chi connectivity index (χ4v) is 1.25. The van der Waals surface area contributed by atoms with Crippen molar-refractivity contribution in [3.05, 3.63) is 12.3 Å². The van der Waals surface area contributed by atoms with Crippen LogP contribution in [0.1, 0.15) is 87.0 Å². The molecule has 0 radical (unpaired) electrons. The van der Waals surface area contributed by atoms with Crippen molar-refractivity contribution in [2.75, 3.05) is 0 Å². The van der Waals surface area contributed by atoms with E-state index in [0.29, 0.717) is 5.41 Å². The van der Waals surface area contributed by atoms with Crippen molar-refractivity contribution in [1.82, 2.24) is 0 Å². The standard InChI is InChI=1S/C12H25.C4H9.Zn/c1-5-6-7-8-9-10-11-12(2,3)4;1-4(2)3;/h10H,5-9,11H2,1-4H3;1-3H3;/q2*-1;+2. The van der Waals surface area contributed by atoms with Crippen LogP contribution in [0.15, 0.2) is 0 Å². The number of hydrogen-bond donors (Lipinski definition) is 0. The molecule has 0 atom stereocenters. The molecule has 0 aliphatic carbocycles. The molecule has 0 aliphatic heterocycles. The van der Waals surface area contributed by atoms with Crippen LogP contribution in [0.4, 0.5) is 0 Å². The van der Waals surface area contributed by atoms with Crippen molar-refractivity contribution in [3.8, 4) is 0 Å². The van der Waals surface area contributed by atoms with E-state index in [9.17, 15) is 0 Å². The topological polar surface area (TPSA) is 0 Å². The van der Waals surface area contributed by atoms with Crippen LogP contribution in [0.25, 0.3) is 0 Å². The third-order valence-electron chi connectivity index (χ3n) is 2.02. The van der Waals surface area contributed by atoms with Gasteiger partial charge in [-0.2, -0.15) is 33.6 Å². The second-order valence-electron chi connectivity index (χ2n) is 6.40. The zero-order valence-electron chi connectivity index (χ0n) is 13.5. The molecule has 0 bridgehead atoms. The van der Waals surface area contributed by atoms with Gasteiger partial charge in [-0.15, -0.1) is 0 Å². The summed E-state index contributed by atoms with van der Waals surface area (Å²) in [7, 11) is 0. The molecule has 0 aliphatic rings. The number of hydrogen-bond acceptors (Lipinski definition) is 0. The van der Waals surface area contributed by atoms with Gasteiger partial charge in [0, 0.05) is 0 Å². The molecule has 0 heterocycles. The molecule has 100 valence electrons. The number of rotatable bonds is 6. The van der Waals surface area contributed by atoms with E-state index in [1.165, 1.54) is 44.4 Å². The smallest absolute Gasteiger partial charge is 0.328 e. The summed E-state index contributed by atoms with van der Waals surface area (Å²) >= 11 is 0. The van der Waals surface area contributed by atoms with Crippen LogP contribution < -0.4 is 0 Å². The van der Waals surface area contributed by atoms with Gasteiger partial charge in [-0.3, -0.25) is 0 Å². The Bertz CT molecular complexity index is 119. The fourth-order valence-electron chi connectivity index (χ4n) is 1.25. The first-order valence-electron chi connectivity index (χ1n) is 6.88. The van der Waals surface area contributed by atoms with Crippen molar-refractivity contribution < 1.29 is 19.5 Å². The average molecular weight is 292 g/mol. The van der Waals surface area contributed by atoms with E-state index in [2.05, 4.69) is 54.9 Å². The van der Waals surface area contributed by atoms with Gasteiger partial charge in [0.05, 0.1) is 0 Å². The van der Waals surface area contributed by atoms with Gasteiger partial charge in [0.2, 0.25) is 0 Å².